The van der Waals surface area contributed by atoms with Crippen molar-refractivity contribution >= 4 is 23.9 Å². The highest BCUT2D eigenvalue weighted by atomic mass is 16.5. The molecule has 0 radical (unpaired) electrons. The first-order valence-corrected chi connectivity index (χ1v) is 8.20. The minimum Gasteiger partial charge on any atom is -0.480 e. The van der Waals surface area contributed by atoms with Gasteiger partial charge in [-0.05, 0) is 11.8 Å². The van der Waals surface area contributed by atoms with Gasteiger partial charge in [0, 0.05) is 7.05 Å². The highest BCUT2D eigenvalue weighted by Gasteiger charge is 2.33. The Bertz CT molecular complexity index is 487. The van der Waals surface area contributed by atoms with Crippen LogP contribution in [-0.2, 0) is 19.1 Å². The van der Waals surface area contributed by atoms with Gasteiger partial charge < -0.3 is 25.8 Å². The van der Waals surface area contributed by atoms with Gasteiger partial charge >= 0.3 is 12.1 Å². The van der Waals surface area contributed by atoms with E-state index < -0.39 is 41.9 Å². The van der Waals surface area contributed by atoms with Gasteiger partial charge in [-0.3, -0.25) is 9.59 Å². The number of carbonyl (C=O) groups is 4. The molecule has 0 bridgehead atoms. The second-order valence-corrected chi connectivity index (χ2v) is 6.71. The van der Waals surface area contributed by atoms with Crippen LogP contribution in [0.15, 0.2) is 0 Å². The molecule has 0 fully saturated rings. The second-order valence-electron chi connectivity index (χ2n) is 6.71. The van der Waals surface area contributed by atoms with Crippen LogP contribution in [0.4, 0.5) is 4.79 Å². The van der Waals surface area contributed by atoms with Gasteiger partial charge in [-0.1, -0.05) is 34.1 Å². The summed E-state index contributed by atoms with van der Waals surface area (Å²) >= 11 is 0. The molecule has 2 atom stereocenters. The summed E-state index contributed by atoms with van der Waals surface area (Å²) in [6.45, 7) is 7.40. The van der Waals surface area contributed by atoms with Gasteiger partial charge in [0.1, 0.15) is 12.1 Å². The molecule has 9 heteroatoms. The third-order valence-electron chi connectivity index (χ3n) is 3.39. The van der Waals surface area contributed by atoms with Gasteiger partial charge in [0.05, 0.1) is 13.0 Å². The standard InChI is InChI=1S/C16H29N3O6/c1-6-7-8-25-15(24)18-10(14(22)23)9-11(20)19-12(13(21)17-5)16(2,3)4/h10,12H,6-9H2,1-5H3,(H,17,21)(H,18,24)(H,19,20)(H,22,23)/t10?,12-/m1/s1. The fourth-order valence-corrected chi connectivity index (χ4v) is 1.92. The molecular weight excluding hydrogens is 330 g/mol. The van der Waals surface area contributed by atoms with E-state index in [1.54, 1.807) is 20.8 Å². The number of carboxylic acids is 1. The van der Waals surface area contributed by atoms with Crippen molar-refractivity contribution in [3.8, 4) is 0 Å². The van der Waals surface area contributed by atoms with Gasteiger partial charge in [0.2, 0.25) is 11.8 Å². The molecule has 3 amide bonds. The molecule has 0 aliphatic heterocycles. The Morgan fingerprint density at radius 3 is 2.16 bits per heavy atom. The van der Waals surface area contributed by atoms with Crippen LogP contribution in [-0.4, -0.2) is 54.7 Å². The molecular formula is C16H29N3O6. The highest BCUT2D eigenvalue weighted by molar-refractivity contribution is 5.91. The quantitative estimate of drug-likeness (QED) is 0.446. The largest absolute Gasteiger partial charge is 0.480 e. The summed E-state index contributed by atoms with van der Waals surface area (Å²) in [5.41, 5.74) is -0.568. The molecule has 0 saturated heterocycles. The molecule has 0 aromatic rings. The number of carboxylic acid groups (broad SMARTS) is 1. The van der Waals surface area contributed by atoms with Gasteiger partial charge in [-0.25, -0.2) is 9.59 Å². The van der Waals surface area contributed by atoms with Crippen molar-refractivity contribution in [3.05, 3.63) is 0 Å². The summed E-state index contributed by atoms with van der Waals surface area (Å²) < 4.78 is 4.83. The van der Waals surface area contributed by atoms with E-state index in [0.717, 1.165) is 6.42 Å². The van der Waals surface area contributed by atoms with Gasteiger partial charge in [0.25, 0.3) is 0 Å². The molecule has 0 rings (SSSR count). The van der Waals surface area contributed by atoms with Crippen LogP contribution < -0.4 is 16.0 Å². The number of unbranched alkanes of at least 4 members (excludes halogenated alkanes) is 1. The zero-order chi connectivity index (χ0) is 19.6. The van der Waals surface area contributed by atoms with Crippen molar-refractivity contribution in [2.75, 3.05) is 13.7 Å². The number of likely N-dealkylation sites (N-methyl/N-ethyl adjacent to an activating group) is 1. The van der Waals surface area contributed by atoms with Gasteiger partial charge in [-0.15, -0.1) is 0 Å². The lowest BCUT2D eigenvalue weighted by Gasteiger charge is -2.30. The van der Waals surface area contributed by atoms with Crippen LogP contribution in [0.2, 0.25) is 0 Å². The lowest BCUT2D eigenvalue weighted by Crippen LogP contribution is -2.54. The fourth-order valence-electron chi connectivity index (χ4n) is 1.92. The molecule has 25 heavy (non-hydrogen) atoms. The predicted molar refractivity (Wildman–Crippen MR) is 90.9 cm³/mol. The number of alkyl carbamates (subject to hydrolysis) is 1. The molecule has 0 heterocycles. The highest BCUT2D eigenvalue weighted by Crippen LogP contribution is 2.19. The zero-order valence-corrected chi connectivity index (χ0v) is 15.5. The Hall–Kier alpha value is -2.32. The van der Waals surface area contributed by atoms with Crippen LogP contribution in [0.25, 0.3) is 0 Å². The minimum atomic E-state index is -1.44. The summed E-state index contributed by atoms with van der Waals surface area (Å²) in [6.07, 6.45) is 0.0748. The number of hydrogen-bond acceptors (Lipinski definition) is 5. The maximum Gasteiger partial charge on any atom is 0.407 e. The van der Waals surface area contributed by atoms with Gasteiger partial charge in [0.15, 0.2) is 0 Å². The Morgan fingerprint density at radius 1 is 1.12 bits per heavy atom. The molecule has 4 N–H and O–H groups in total. The Morgan fingerprint density at radius 2 is 1.72 bits per heavy atom. The fraction of sp³-hybridized carbons (Fsp3) is 0.750. The van der Waals surface area contributed by atoms with E-state index >= 15 is 0 Å². The average Bonchev–Trinajstić information content (AvgIpc) is 2.50. The topological polar surface area (TPSA) is 134 Å². The Kier molecular flexibility index (Phi) is 9.55. The molecule has 0 aliphatic rings. The van der Waals surface area contributed by atoms with Crippen molar-refractivity contribution in [3.63, 3.8) is 0 Å². The van der Waals surface area contributed by atoms with Crippen LogP contribution in [0, 0.1) is 5.41 Å². The maximum atomic E-state index is 12.1. The molecule has 144 valence electrons. The summed E-state index contributed by atoms with van der Waals surface area (Å²) in [5.74, 6) is -2.42. The van der Waals surface area contributed by atoms with E-state index in [2.05, 4.69) is 16.0 Å². The lowest BCUT2D eigenvalue weighted by molar-refractivity contribution is -0.141. The molecule has 9 nitrogen and oxygen atoms in total. The van der Waals surface area contributed by atoms with Crippen LogP contribution in [0.1, 0.15) is 47.0 Å². The maximum absolute atomic E-state index is 12.1. The summed E-state index contributed by atoms with van der Waals surface area (Å²) in [4.78, 5) is 46.8. The molecule has 0 spiro atoms. The average molecular weight is 359 g/mol. The first-order chi connectivity index (χ1) is 11.5. The number of aliphatic carboxylic acids is 1. The number of nitrogens with one attached hydrogen (secondary N) is 3. The summed E-state index contributed by atoms with van der Waals surface area (Å²) in [7, 11) is 1.45. The predicted octanol–water partition coefficient (Wildman–Crippen LogP) is 0.633. The number of rotatable bonds is 9. The number of hydrogen-bond donors (Lipinski definition) is 4. The molecule has 0 aromatic carbocycles. The molecule has 0 saturated carbocycles. The summed E-state index contributed by atoms with van der Waals surface area (Å²) in [6, 6.07) is -2.28. The van der Waals surface area contributed by atoms with Crippen molar-refractivity contribution in [2.45, 2.75) is 59.0 Å². The monoisotopic (exact) mass is 359 g/mol. The zero-order valence-electron chi connectivity index (χ0n) is 15.5. The number of ether oxygens (including phenoxy) is 1. The number of carbonyl (C=O) groups excluding carboxylic acids is 3. The van der Waals surface area contributed by atoms with E-state index in [-0.39, 0.29) is 12.5 Å². The van der Waals surface area contributed by atoms with E-state index in [1.165, 1.54) is 7.05 Å². The molecule has 0 aliphatic carbocycles. The smallest absolute Gasteiger partial charge is 0.407 e. The van der Waals surface area contributed by atoms with Crippen molar-refractivity contribution in [2.24, 2.45) is 5.41 Å². The second kappa shape index (κ2) is 10.5. The van der Waals surface area contributed by atoms with E-state index in [4.69, 9.17) is 9.84 Å². The number of amides is 3. The van der Waals surface area contributed by atoms with Crippen molar-refractivity contribution < 1.29 is 29.0 Å². The van der Waals surface area contributed by atoms with Gasteiger partial charge in [-0.2, -0.15) is 0 Å². The lowest BCUT2D eigenvalue weighted by atomic mass is 9.86. The van der Waals surface area contributed by atoms with Crippen molar-refractivity contribution in [1.29, 1.82) is 0 Å². The van der Waals surface area contributed by atoms with E-state index in [0.29, 0.717) is 6.42 Å². The third kappa shape index (κ3) is 8.92. The van der Waals surface area contributed by atoms with Crippen molar-refractivity contribution in [1.82, 2.24) is 16.0 Å². The normalized spacial score (nSPS) is 13.3. The van der Waals surface area contributed by atoms with E-state index in [9.17, 15) is 19.2 Å². The minimum absolute atomic E-state index is 0.170. The Labute approximate surface area is 147 Å². The SMILES string of the molecule is CCCCOC(=O)NC(CC(=O)N[C@H](C(=O)NC)C(C)(C)C)C(=O)O. The van der Waals surface area contributed by atoms with E-state index in [1.807, 2.05) is 6.92 Å². The van der Waals surface area contributed by atoms with Crippen LogP contribution >= 0.6 is 0 Å². The first kappa shape index (κ1) is 22.7. The third-order valence-corrected chi connectivity index (χ3v) is 3.39. The molecule has 1 unspecified atom stereocenters. The van der Waals surface area contributed by atoms with Crippen LogP contribution in [0.3, 0.4) is 0 Å². The molecule has 0 aromatic heterocycles. The first-order valence-electron chi connectivity index (χ1n) is 8.20. The van der Waals surface area contributed by atoms with Crippen LogP contribution in [0.5, 0.6) is 0 Å². The summed E-state index contributed by atoms with van der Waals surface area (Å²) in [5, 5.41) is 16.3. The Balaban J connectivity index is 4.80.